The summed E-state index contributed by atoms with van der Waals surface area (Å²) in [5.41, 5.74) is 1.89. The topological polar surface area (TPSA) is 34.9 Å². The molecule has 0 fully saturated rings. The van der Waals surface area contributed by atoms with Gasteiger partial charge in [-0.15, -0.1) is 0 Å². The SMILES string of the molecule is CCCC(=O)c1cc2n(n1)CCC2. The number of aromatic nitrogens is 2. The Labute approximate surface area is 77.7 Å². The maximum atomic E-state index is 11.5. The second kappa shape index (κ2) is 3.32. The number of Topliss-reactive ketones (excluding diaryl/α,β-unsaturated/α-hetero) is 1. The van der Waals surface area contributed by atoms with Gasteiger partial charge in [-0.1, -0.05) is 6.92 Å². The van der Waals surface area contributed by atoms with Gasteiger partial charge in [0.2, 0.25) is 0 Å². The Bertz CT molecular complexity index is 306. The number of carbonyl (C=O) groups excluding carboxylic acids is 1. The molecule has 13 heavy (non-hydrogen) atoms. The summed E-state index contributed by atoms with van der Waals surface area (Å²) in [6.07, 6.45) is 3.77. The van der Waals surface area contributed by atoms with E-state index in [1.54, 1.807) is 0 Å². The van der Waals surface area contributed by atoms with Crippen LogP contribution in [0.3, 0.4) is 0 Å². The molecule has 0 saturated heterocycles. The normalized spacial score (nSPS) is 14.5. The highest BCUT2D eigenvalue weighted by Crippen LogP contribution is 2.16. The minimum absolute atomic E-state index is 0.185. The molecular weight excluding hydrogens is 164 g/mol. The molecule has 3 heteroatoms. The minimum Gasteiger partial charge on any atom is -0.292 e. The van der Waals surface area contributed by atoms with E-state index in [1.165, 1.54) is 12.1 Å². The molecule has 0 bridgehead atoms. The van der Waals surface area contributed by atoms with E-state index in [4.69, 9.17) is 0 Å². The van der Waals surface area contributed by atoms with E-state index in [9.17, 15) is 4.79 Å². The van der Waals surface area contributed by atoms with Crippen molar-refractivity contribution in [1.29, 1.82) is 0 Å². The highest BCUT2D eigenvalue weighted by atomic mass is 16.1. The molecule has 0 aliphatic carbocycles. The molecule has 0 saturated carbocycles. The van der Waals surface area contributed by atoms with Gasteiger partial charge in [0.1, 0.15) is 5.69 Å². The molecule has 0 spiro atoms. The van der Waals surface area contributed by atoms with Gasteiger partial charge in [0.15, 0.2) is 5.78 Å². The Hall–Kier alpha value is -1.12. The lowest BCUT2D eigenvalue weighted by Crippen LogP contribution is -2.02. The first-order valence-electron chi connectivity index (χ1n) is 4.91. The van der Waals surface area contributed by atoms with Gasteiger partial charge in [0, 0.05) is 18.7 Å². The van der Waals surface area contributed by atoms with Gasteiger partial charge in [-0.25, -0.2) is 0 Å². The van der Waals surface area contributed by atoms with Crippen molar-refractivity contribution in [2.75, 3.05) is 0 Å². The first-order chi connectivity index (χ1) is 6.31. The summed E-state index contributed by atoms with van der Waals surface area (Å²) in [7, 11) is 0. The first kappa shape index (κ1) is 8.48. The average Bonchev–Trinajstić information content (AvgIpc) is 2.61. The number of hydrogen-bond donors (Lipinski definition) is 0. The van der Waals surface area contributed by atoms with Crippen molar-refractivity contribution >= 4 is 5.78 Å². The van der Waals surface area contributed by atoms with Crippen LogP contribution in [0.5, 0.6) is 0 Å². The van der Waals surface area contributed by atoms with E-state index in [-0.39, 0.29) is 5.78 Å². The van der Waals surface area contributed by atoms with Crippen LogP contribution in [0.4, 0.5) is 0 Å². The lowest BCUT2D eigenvalue weighted by atomic mass is 10.1. The average molecular weight is 178 g/mol. The Morgan fingerprint density at radius 3 is 3.23 bits per heavy atom. The standard InChI is InChI=1S/C10H14N2O/c1-2-4-10(13)9-7-8-5-3-6-12(8)11-9/h7H,2-6H2,1H3. The molecule has 0 aromatic carbocycles. The van der Waals surface area contributed by atoms with Crippen LogP contribution in [-0.2, 0) is 13.0 Å². The predicted molar refractivity (Wildman–Crippen MR) is 49.8 cm³/mol. The second-order valence-corrected chi connectivity index (χ2v) is 3.52. The molecule has 1 aliphatic rings. The second-order valence-electron chi connectivity index (χ2n) is 3.52. The zero-order chi connectivity index (χ0) is 9.26. The fourth-order valence-electron chi connectivity index (χ4n) is 1.75. The quantitative estimate of drug-likeness (QED) is 0.662. The maximum Gasteiger partial charge on any atom is 0.183 e. The van der Waals surface area contributed by atoms with Crippen LogP contribution < -0.4 is 0 Å². The first-order valence-corrected chi connectivity index (χ1v) is 4.91. The van der Waals surface area contributed by atoms with Crippen molar-refractivity contribution in [2.45, 2.75) is 39.2 Å². The number of fused-ring (bicyclic) bond motifs is 1. The molecule has 2 rings (SSSR count). The lowest BCUT2D eigenvalue weighted by molar-refractivity contribution is 0.0976. The Balaban J connectivity index is 2.18. The third kappa shape index (κ3) is 1.50. The van der Waals surface area contributed by atoms with E-state index < -0.39 is 0 Å². The third-order valence-corrected chi connectivity index (χ3v) is 2.43. The summed E-state index contributed by atoms with van der Waals surface area (Å²) in [5.74, 6) is 0.185. The van der Waals surface area contributed by atoms with Gasteiger partial charge in [-0.3, -0.25) is 9.48 Å². The number of aryl methyl sites for hydroxylation is 2. The highest BCUT2D eigenvalue weighted by molar-refractivity contribution is 5.94. The van der Waals surface area contributed by atoms with E-state index in [0.717, 1.165) is 19.4 Å². The molecule has 1 aromatic rings. The number of carbonyl (C=O) groups is 1. The van der Waals surface area contributed by atoms with E-state index in [0.29, 0.717) is 12.1 Å². The minimum atomic E-state index is 0.185. The van der Waals surface area contributed by atoms with Gasteiger partial charge in [-0.05, 0) is 25.3 Å². The van der Waals surface area contributed by atoms with Crippen molar-refractivity contribution in [3.05, 3.63) is 17.5 Å². The molecule has 1 aromatic heterocycles. The zero-order valence-corrected chi connectivity index (χ0v) is 7.92. The van der Waals surface area contributed by atoms with Gasteiger partial charge in [0.25, 0.3) is 0 Å². The van der Waals surface area contributed by atoms with Gasteiger partial charge in [-0.2, -0.15) is 5.10 Å². The molecule has 0 N–H and O–H groups in total. The summed E-state index contributed by atoms with van der Waals surface area (Å²) < 4.78 is 1.96. The van der Waals surface area contributed by atoms with Crippen LogP contribution in [0.1, 0.15) is 42.4 Å². The number of hydrogen-bond acceptors (Lipinski definition) is 2. The summed E-state index contributed by atoms with van der Waals surface area (Å²) in [6.45, 7) is 3.00. The fourth-order valence-corrected chi connectivity index (χ4v) is 1.75. The molecule has 0 amide bonds. The summed E-state index contributed by atoms with van der Waals surface area (Å²) >= 11 is 0. The van der Waals surface area contributed by atoms with Crippen LogP contribution in [0.2, 0.25) is 0 Å². The molecule has 0 radical (unpaired) electrons. The lowest BCUT2D eigenvalue weighted by Gasteiger charge is -1.93. The zero-order valence-electron chi connectivity index (χ0n) is 7.92. The molecular formula is C10H14N2O. The van der Waals surface area contributed by atoms with E-state index >= 15 is 0 Å². The molecule has 3 nitrogen and oxygen atoms in total. The van der Waals surface area contributed by atoms with Crippen LogP contribution in [0.15, 0.2) is 6.07 Å². The number of nitrogens with zero attached hydrogens (tertiary/aromatic N) is 2. The number of rotatable bonds is 3. The van der Waals surface area contributed by atoms with Gasteiger partial charge >= 0.3 is 0 Å². The predicted octanol–water partition coefficient (Wildman–Crippen LogP) is 1.81. The van der Waals surface area contributed by atoms with Crippen molar-refractivity contribution in [1.82, 2.24) is 9.78 Å². The fraction of sp³-hybridized carbons (Fsp3) is 0.600. The van der Waals surface area contributed by atoms with Gasteiger partial charge in [0.05, 0.1) is 0 Å². The summed E-state index contributed by atoms with van der Waals surface area (Å²) in [6, 6.07) is 1.95. The van der Waals surface area contributed by atoms with Crippen molar-refractivity contribution < 1.29 is 4.79 Å². The smallest absolute Gasteiger partial charge is 0.183 e. The summed E-state index contributed by atoms with van der Waals surface area (Å²) in [4.78, 5) is 11.5. The van der Waals surface area contributed by atoms with E-state index in [2.05, 4.69) is 5.10 Å². The molecule has 1 aliphatic heterocycles. The van der Waals surface area contributed by atoms with E-state index in [1.807, 2.05) is 17.7 Å². The number of ketones is 1. The van der Waals surface area contributed by atoms with Crippen LogP contribution >= 0.6 is 0 Å². The monoisotopic (exact) mass is 178 g/mol. The van der Waals surface area contributed by atoms with Crippen molar-refractivity contribution in [3.8, 4) is 0 Å². The molecule has 70 valence electrons. The Morgan fingerprint density at radius 1 is 1.69 bits per heavy atom. The van der Waals surface area contributed by atoms with Gasteiger partial charge < -0.3 is 0 Å². The van der Waals surface area contributed by atoms with Crippen LogP contribution in [-0.4, -0.2) is 15.6 Å². The molecule has 2 heterocycles. The highest BCUT2D eigenvalue weighted by Gasteiger charge is 2.16. The molecule has 0 unspecified atom stereocenters. The van der Waals surface area contributed by atoms with Crippen molar-refractivity contribution in [2.24, 2.45) is 0 Å². The largest absolute Gasteiger partial charge is 0.292 e. The van der Waals surface area contributed by atoms with Crippen LogP contribution in [0, 0.1) is 0 Å². The van der Waals surface area contributed by atoms with Crippen molar-refractivity contribution in [3.63, 3.8) is 0 Å². The molecule has 0 atom stereocenters. The van der Waals surface area contributed by atoms with Crippen LogP contribution in [0.25, 0.3) is 0 Å². The Morgan fingerprint density at radius 2 is 2.54 bits per heavy atom. The Kier molecular flexibility index (Phi) is 2.17. The summed E-state index contributed by atoms with van der Waals surface area (Å²) in [5, 5.41) is 4.28. The maximum absolute atomic E-state index is 11.5. The third-order valence-electron chi connectivity index (χ3n) is 2.43.